The molecule has 0 saturated carbocycles. The number of aryl methyl sites for hydroxylation is 2. The molecule has 5 nitrogen and oxygen atoms in total. The third-order valence-corrected chi connectivity index (χ3v) is 5.95. The lowest BCUT2D eigenvalue weighted by atomic mass is 10.0. The maximum Gasteiger partial charge on any atom is 0.175 e. The molecule has 0 saturated heterocycles. The summed E-state index contributed by atoms with van der Waals surface area (Å²) in [5.74, 6) is -0.320. The summed E-state index contributed by atoms with van der Waals surface area (Å²) < 4.78 is 38.7. The Morgan fingerprint density at radius 2 is 1.54 bits per heavy atom. The summed E-state index contributed by atoms with van der Waals surface area (Å²) in [4.78, 5) is 4.80. The van der Waals surface area contributed by atoms with Gasteiger partial charge in [0.2, 0.25) is 0 Å². The highest BCUT2D eigenvalue weighted by Gasteiger charge is 2.19. The Bertz CT molecular complexity index is 1290. The van der Waals surface area contributed by atoms with Crippen molar-refractivity contribution in [3.63, 3.8) is 0 Å². The lowest BCUT2D eigenvalue weighted by Crippen LogP contribution is -1.98. The van der Waals surface area contributed by atoms with E-state index in [1.807, 2.05) is 13.8 Å². The zero-order chi connectivity index (χ0) is 20.1. The maximum atomic E-state index is 13.4. The fourth-order valence-corrected chi connectivity index (χ4v) is 3.76. The summed E-state index contributed by atoms with van der Waals surface area (Å²) in [7, 11) is -3.29. The minimum Gasteiger partial charge on any atom is -0.236 e. The largest absolute Gasteiger partial charge is 0.236 e. The molecule has 0 aliphatic rings. The molecule has 2 aromatic heterocycles. The van der Waals surface area contributed by atoms with Crippen molar-refractivity contribution in [2.75, 3.05) is 6.26 Å². The lowest BCUT2D eigenvalue weighted by Gasteiger charge is -2.05. The summed E-state index contributed by atoms with van der Waals surface area (Å²) in [6.45, 7) is 3.92. The number of fused-ring (bicyclic) bond motifs is 1. The molecule has 0 fully saturated rings. The second-order valence-corrected chi connectivity index (χ2v) is 8.80. The van der Waals surface area contributed by atoms with Gasteiger partial charge in [-0.1, -0.05) is 24.3 Å². The van der Waals surface area contributed by atoms with Gasteiger partial charge in [0.25, 0.3) is 0 Å². The van der Waals surface area contributed by atoms with Crippen LogP contribution in [0.2, 0.25) is 0 Å². The van der Waals surface area contributed by atoms with Gasteiger partial charge in [-0.2, -0.15) is 5.10 Å². The van der Waals surface area contributed by atoms with E-state index in [0.717, 1.165) is 27.9 Å². The zero-order valence-electron chi connectivity index (χ0n) is 15.6. The van der Waals surface area contributed by atoms with Gasteiger partial charge in [0.1, 0.15) is 11.5 Å². The second kappa shape index (κ2) is 6.53. The van der Waals surface area contributed by atoms with E-state index in [4.69, 9.17) is 5.10 Å². The van der Waals surface area contributed by atoms with Crippen LogP contribution in [0.15, 0.2) is 59.6 Å². The Balaban J connectivity index is 2.01. The van der Waals surface area contributed by atoms with Gasteiger partial charge in [0.05, 0.1) is 10.5 Å². The Kier molecular flexibility index (Phi) is 4.27. The molecule has 0 unspecified atom stereocenters. The number of hydrogen-bond donors (Lipinski definition) is 0. The minimum absolute atomic E-state index is 0.244. The van der Waals surface area contributed by atoms with E-state index in [9.17, 15) is 12.8 Å². The Morgan fingerprint density at radius 1 is 0.929 bits per heavy atom. The number of benzene rings is 2. The Morgan fingerprint density at radius 3 is 2.14 bits per heavy atom. The molecule has 0 aliphatic heterocycles. The van der Waals surface area contributed by atoms with Gasteiger partial charge in [-0.15, -0.1) is 0 Å². The fraction of sp³-hybridized carbons (Fsp3) is 0.143. The number of sulfone groups is 1. The zero-order valence-corrected chi connectivity index (χ0v) is 16.5. The third kappa shape index (κ3) is 3.07. The standard InChI is InChI=1S/C21H18FN3O2S/c1-13-12-23-21-19(15-4-8-17(22)9-5-15)20(24-25(21)14(13)2)16-6-10-18(11-7-16)28(3,26)27/h4-12H,1-3H3. The third-order valence-electron chi connectivity index (χ3n) is 4.82. The lowest BCUT2D eigenvalue weighted by molar-refractivity contribution is 0.602. The molecule has 0 radical (unpaired) electrons. The number of aromatic nitrogens is 3. The van der Waals surface area contributed by atoms with Crippen LogP contribution in [0.4, 0.5) is 4.39 Å². The molecule has 7 heteroatoms. The van der Waals surface area contributed by atoms with Crippen LogP contribution in [0.25, 0.3) is 28.0 Å². The highest BCUT2D eigenvalue weighted by Crippen LogP contribution is 2.35. The average Bonchev–Trinajstić information content (AvgIpc) is 3.05. The first-order valence-corrected chi connectivity index (χ1v) is 10.6. The molecule has 0 spiro atoms. The van der Waals surface area contributed by atoms with E-state index < -0.39 is 9.84 Å². The van der Waals surface area contributed by atoms with Gasteiger partial charge in [0, 0.05) is 23.7 Å². The predicted octanol–water partition coefficient (Wildman–Crippen LogP) is 4.22. The monoisotopic (exact) mass is 395 g/mol. The summed E-state index contributed by atoms with van der Waals surface area (Å²) in [5, 5.41) is 4.74. The highest BCUT2D eigenvalue weighted by molar-refractivity contribution is 7.90. The fourth-order valence-electron chi connectivity index (χ4n) is 3.13. The first kappa shape index (κ1) is 18.3. The Labute approximate surface area is 162 Å². The molecule has 142 valence electrons. The molecule has 4 rings (SSSR count). The van der Waals surface area contributed by atoms with Crippen LogP contribution in [-0.4, -0.2) is 29.3 Å². The first-order valence-electron chi connectivity index (χ1n) is 8.67. The van der Waals surface area contributed by atoms with Crippen molar-refractivity contribution in [3.8, 4) is 22.4 Å². The predicted molar refractivity (Wildman–Crippen MR) is 106 cm³/mol. The van der Waals surface area contributed by atoms with E-state index in [1.54, 1.807) is 47.1 Å². The molecule has 0 atom stereocenters. The molecule has 4 aromatic rings. The van der Waals surface area contributed by atoms with Crippen molar-refractivity contribution < 1.29 is 12.8 Å². The van der Waals surface area contributed by atoms with E-state index in [2.05, 4.69) is 4.98 Å². The van der Waals surface area contributed by atoms with Crippen molar-refractivity contribution in [2.45, 2.75) is 18.7 Å². The molecule has 0 aliphatic carbocycles. The quantitative estimate of drug-likeness (QED) is 0.521. The topological polar surface area (TPSA) is 64.3 Å². The normalized spacial score (nSPS) is 11.9. The van der Waals surface area contributed by atoms with Crippen molar-refractivity contribution >= 4 is 15.5 Å². The van der Waals surface area contributed by atoms with Gasteiger partial charge in [-0.05, 0) is 49.2 Å². The van der Waals surface area contributed by atoms with Crippen molar-refractivity contribution in [1.82, 2.24) is 14.6 Å². The molecule has 0 N–H and O–H groups in total. The smallest absolute Gasteiger partial charge is 0.175 e. The van der Waals surface area contributed by atoms with Crippen LogP contribution in [0, 0.1) is 19.7 Å². The highest BCUT2D eigenvalue weighted by atomic mass is 32.2. The molecule has 0 bridgehead atoms. The molecular formula is C21H18FN3O2S. The molecule has 28 heavy (non-hydrogen) atoms. The van der Waals surface area contributed by atoms with Crippen LogP contribution in [0.5, 0.6) is 0 Å². The number of hydrogen-bond acceptors (Lipinski definition) is 4. The molecular weight excluding hydrogens is 377 g/mol. The molecule has 2 aromatic carbocycles. The van der Waals surface area contributed by atoms with Crippen LogP contribution in [0.3, 0.4) is 0 Å². The second-order valence-electron chi connectivity index (χ2n) is 6.79. The van der Waals surface area contributed by atoms with E-state index in [-0.39, 0.29) is 10.7 Å². The van der Waals surface area contributed by atoms with Crippen LogP contribution in [-0.2, 0) is 9.84 Å². The number of nitrogens with zero attached hydrogens (tertiary/aromatic N) is 3. The summed E-state index contributed by atoms with van der Waals surface area (Å²) in [6.07, 6.45) is 2.96. The van der Waals surface area contributed by atoms with Crippen LogP contribution in [0.1, 0.15) is 11.3 Å². The van der Waals surface area contributed by atoms with Crippen molar-refractivity contribution in [1.29, 1.82) is 0 Å². The van der Waals surface area contributed by atoms with E-state index in [1.165, 1.54) is 18.4 Å². The number of halogens is 1. The minimum atomic E-state index is -3.29. The summed E-state index contributed by atoms with van der Waals surface area (Å²) in [6, 6.07) is 12.8. The average molecular weight is 395 g/mol. The Hall–Kier alpha value is -3.06. The maximum absolute atomic E-state index is 13.4. The summed E-state index contributed by atoms with van der Waals surface area (Å²) >= 11 is 0. The number of rotatable bonds is 3. The van der Waals surface area contributed by atoms with E-state index >= 15 is 0 Å². The van der Waals surface area contributed by atoms with Gasteiger partial charge >= 0.3 is 0 Å². The SMILES string of the molecule is Cc1cnc2c(-c3ccc(F)cc3)c(-c3ccc(S(C)(=O)=O)cc3)nn2c1C. The molecule has 0 amide bonds. The first-order chi connectivity index (χ1) is 13.3. The molecule has 2 heterocycles. The van der Waals surface area contributed by atoms with Gasteiger partial charge < -0.3 is 0 Å². The van der Waals surface area contributed by atoms with Crippen LogP contribution < -0.4 is 0 Å². The van der Waals surface area contributed by atoms with Crippen molar-refractivity contribution in [2.24, 2.45) is 0 Å². The van der Waals surface area contributed by atoms with Gasteiger partial charge in [-0.25, -0.2) is 22.3 Å². The van der Waals surface area contributed by atoms with Gasteiger partial charge in [0.15, 0.2) is 15.5 Å². The summed E-state index contributed by atoms with van der Waals surface area (Å²) in [5.41, 5.74) is 5.59. The van der Waals surface area contributed by atoms with Gasteiger partial charge in [-0.3, -0.25) is 0 Å². The van der Waals surface area contributed by atoms with Crippen molar-refractivity contribution in [3.05, 3.63) is 71.8 Å². The van der Waals surface area contributed by atoms with E-state index in [0.29, 0.717) is 11.3 Å². The van der Waals surface area contributed by atoms with Crippen LogP contribution >= 0.6 is 0 Å².